The number of hydrogen-bond acceptors (Lipinski definition) is 3. The third kappa shape index (κ3) is 4.13. The average molecular weight is 375 g/mol. The molecular weight excluding hydrogens is 357 g/mol. The second-order valence-electron chi connectivity index (χ2n) is 5.82. The molecule has 0 radical (unpaired) electrons. The summed E-state index contributed by atoms with van der Waals surface area (Å²) in [5, 5.41) is 10.1. The molecule has 2 heterocycles. The molecule has 0 saturated heterocycles. The van der Waals surface area contributed by atoms with Crippen LogP contribution in [0.1, 0.15) is 32.9 Å². The van der Waals surface area contributed by atoms with Crippen LogP contribution < -0.4 is 5.32 Å². The molecule has 0 fully saturated rings. The highest BCUT2D eigenvalue weighted by atomic mass is 35.5. The lowest BCUT2D eigenvalue weighted by atomic mass is 10.1. The Kier molecular flexibility index (Phi) is 5.74. The highest BCUT2D eigenvalue weighted by Gasteiger charge is 2.30. The Balaban J connectivity index is 0.00000225. The summed E-state index contributed by atoms with van der Waals surface area (Å²) in [4.78, 5) is 13.9. The van der Waals surface area contributed by atoms with Gasteiger partial charge >= 0.3 is 6.18 Å². The van der Waals surface area contributed by atoms with Crippen molar-refractivity contribution in [1.29, 1.82) is 0 Å². The number of H-pyrrole nitrogens is 1. The van der Waals surface area contributed by atoms with Crippen LogP contribution in [-0.4, -0.2) is 34.6 Å². The minimum Gasteiger partial charge on any atom is -0.336 e. The van der Waals surface area contributed by atoms with Crippen LogP contribution in [0.15, 0.2) is 24.3 Å². The molecule has 0 spiro atoms. The van der Waals surface area contributed by atoms with Gasteiger partial charge in [-0.2, -0.15) is 18.3 Å². The number of carbonyl (C=O) groups is 1. The molecule has 0 aliphatic carbocycles. The molecule has 1 amide bonds. The van der Waals surface area contributed by atoms with Crippen LogP contribution in [-0.2, 0) is 25.7 Å². The zero-order valence-electron chi connectivity index (χ0n) is 13.5. The lowest BCUT2D eigenvalue weighted by molar-refractivity contribution is -0.137. The van der Waals surface area contributed by atoms with Crippen LogP contribution in [0, 0.1) is 0 Å². The summed E-state index contributed by atoms with van der Waals surface area (Å²) in [7, 11) is 1.56. The van der Waals surface area contributed by atoms with E-state index in [9.17, 15) is 18.0 Å². The van der Waals surface area contributed by atoms with Crippen molar-refractivity contribution >= 4 is 18.3 Å². The second-order valence-corrected chi connectivity index (χ2v) is 5.82. The van der Waals surface area contributed by atoms with Gasteiger partial charge in [0.05, 0.1) is 5.56 Å². The number of aromatic amines is 1. The quantitative estimate of drug-likeness (QED) is 0.868. The number of nitrogens with one attached hydrogen (secondary N) is 2. The first-order chi connectivity index (χ1) is 11.4. The summed E-state index contributed by atoms with van der Waals surface area (Å²) in [6.45, 7) is 1.46. The summed E-state index contributed by atoms with van der Waals surface area (Å²) in [6, 6.07) is 4.99. The van der Waals surface area contributed by atoms with E-state index in [1.165, 1.54) is 11.0 Å². The molecule has 1 aliphatic heterocycles. The molecule has 0 bridgehead atoms. The van der Waals surface area contributed by atoms with Crippen molar-refractivity contribution in [2.45, 2.75) is 25.7 Å². The number of hydrogen-bond donors (Lipinski definition) is 2. The van der Waals surface area contributed by atoms with E-state index in [1.54, 1.807) is 13.1 Å². The monoisotopic (exact) mass is 374 g/mol. The van der Waals surface area contributed by atoms with Gasteiger partial charge in [0, 0.05) is 44.4 Å². The molecular formula is C16H18ClF3N4O. The van der Waals surface area contributed by atoms with Crippen molar-refractivity contribution in [3.05, 3.63) is 52.3 Å². The number of aromatic nitrogens is 2. The Hall–Kier alpha value is -2.06. The molecule has 1 aliphatic rings. The minimum atomic E-state index is -4.40. The third-order valence-electron chi connectivity index (χ3n) is 4.03. The molecule has 1 aromatic carbocycles. The molecule has 136 valence electrons. The van der Waals surface area contributed by atoms with E-state index in [1.807, 2.05) is 0 Å². The lowest BCUT2D eigenvalue weighted by Gasteiger charge is -2.19. The number of fused-ring (bicyclic) bond motifs is 1. The molecule has 0 atom stereocenters. The molecule has 1 aromatic heterocycles. The van der Waals surface area contributed by atoms with Gasteiger partial charge in [0.25, 0.3) is 5.91 Å². The van der Waals surface area contributed by atoms with Crippen molar-refractivity contribution < 1.29 is 18.0 Å². The van der Waals surface area contributed by atoms with Gasteiger partial charge in [-0.05, 0) is 17.7 Å². The number of halogens is 4. The minimum absolute atomic E-state index is 0. The third-order valence-corrected chi connectivity index (χ3v) is 4.03. The lowest BCUT2D eigenvalue weighted by Crippen LogP contribution is -2.30. The van der Waals surface area contributed by atoms with Crippen LogP contribution >= 0.6 is 12.4 Å². The highest BCUT2D eigenvalue weighted by Crippen LogP contribution is 2.29. The zero-order chi connectivity index (χ0) is 17.3. The molecule has 2 aromatic rings. The summed E-state index contributed by atoms with van der Waals surface area (Å²) in [6.07, 6.45) is -3.63. The van der Waals surface area contributed by atoms with Gasteiger partial charge in [0.1, 0.15) is 0 Å². The fourth-order valence-electron chi connectivity index (χ4n) is 2.77. The topological polar surface area (TPSA) is 61.0 Å². The maximum atomic E-state index is 12.8. The Morgan fingerprint density at radius 1 is 1.36 bits per heavy atom. The predicted octanol–water partition coefficient (Wildman–Crippen LogP) is 2.77. The fraction of sp³-hybridized carbons (Fsp3) is 0.375. The zero-order valence-corrected chi connectivity index (χ0v) is 14.3. The number of rotatable bonds is 3. The van der Waals surface area contributed by atoms with Gasteiger partial charge in [0.2, 0.25) is 0 Å². The number of carbonyl (C=O) groups excluding carboxylic acids is 1. The Morgan fingerprint density at radius 3 is 2.84 bits per heavy atom. The molecule has 25 heavy (non-hydrogen) atoms. The maximum Gasteiger partial charge on any atom is 0.416 e. The smallest absolute Gasteiger partial charge is 0.336 e. The largest absolute Gasteiger partial charge is 0.416 e. The first kappa shape index (κ1) is 19.3. The fourth-order valence-corrected chi connectivity index (χ4v) is 2.77. The van der Waals surface area contributed by atoms with Crippen LogP contribution in [0.3, 0.4) is 0 Å². The first-order valence-corrected chi connectivity index (χ1v) is 7.54. The number of benzene rings is 1. The van der Waals surface area contributed by atoms with Gasteiger partial charge in [0.15, 0.2) is 5.69 Å². The molecule has 0 unspecified atom stereocenters. The molecule has 0 saturated carbocycles. The summed E-state index contributed by atoms with van der Waals surface area (Å²) >= 11 is 0. The molecule has 9 heteroatoms. The summed E-state index contributed by atoms with van der Waals surface area (Å²) in [5.74, 6) is -0.311. The predicted molar refractivity (Wildman–Crippen MR) is 88.5 cm³/mol. The highest BCUT2D eigenvalue weighted by molar-refractivity contribution is 5.93. The van der Waals surface area contributed by atoms with Crippen LogP contribution in [0.4, 0.5) is 13.2 Å². The SMILES string of the molecule is CN(Cc1cccc(C(F)(F)F)c1)C(=O)c1n[nH]c2c1CNCC2.Cl. The van der Waals surface area contributed by atoms with Crippen LogP contribution in [0.25, 0.3) is 0 Å². The first-order valence-electron chi connectivity index (χ1n) is 7.54. The van der Waals surface area contributed by atoms with Crippen LogP contribution in [0.5, 0.6) is 0 Å². The van der Waals surface area contributed by atoms with Crippen LogP contribution in [0.2, 0.25) is 0 Å². The van der Waals surface area contributed by atoms with Crippen molar-refractivity contribution in [2.75, 3.05) is 13.6 Å². The normalized spacial score (nSPS) is 13.8. The van der Waals surface area contributed by atoms with E-state index >= 15 is 0 Å². The van der Waals surface area contributed by atoms with E-state index < -0.39 is 11.7 Å². The number of alkyl halides is 3. The van der Waals surface area contributed by atoms with Gasteiger partial charge in [-0.25, -0.2) is 0 Å². The Bertz CT molecular complexity index is 760. The summed E-state index contributed by atoms with van der Waals surface area (Å²) < 4.78 is 38.3. The molecule has 3 rings (SSSR count). The van der Waals surface area contributed by atoms with E-state index in [4.69, 9.17) is 0 Å². The van der Waals surface area contributed by atoms with Gasteiger partial charge in [-0.3, -0.25) is 9.89 Å². The maximum absolute atomic E-state index is 12.8. The van der Waals surface area contributed by atoms with E-state index in [-0.39, 0.29) is 24.9 Å². The second kappa shape index (κ2) is 7.45. The van der Waals surface area contributed by atoms with Gasteiger partial charge in [-0.15, -0.1) is 12.4 Å². The van der Waals surface area contributed by atoms with Gasteiger partial charge < -0.3 is 10.2 Å². The Morgan fingerprint density at radius 2 is 2.12 bits per heavy atom. The molecule has 5 nitrogen and oxygen atoms in total. The van der Waals surface area contributed by atoms with Crippen molar-refractivity contribution in [2.24, 2.45) is 0 Å². The van der Waals surface area contributed by atoms with E-state index in [2.05, 4.69) is 15.5 Å². The number of nitrogens with zero attached hydrogens (tertiary/aromatic N) is 2. The van der Waals surface area contributed by atoms with Crippen molar-refractivity contribution in [3.63, 3.8) is 0 Å². The molecule has 2 N–H and O–H groups in total. The Labute approximate surface area is 149 Å². The average Bonchev–Trinajstić information content (AvgIpc) is 2.97. The summed E-state index contributed by atoms with van der Waals surface area (Å²) in [5.41, 5.74) is 1.80. The van der Waals surface area contributed by atoms with Gasteiger partial charge in [-0.1, -0.05) is 12.1 Å². The number of amides is 1. The van der Waals surface area contributed by atoms with Crippen molar-refractivity contribution in [3.8, 4) is 0 Å². The van der Waals surface area contributed by atoms with E-state index in [0.29, 0.717) is 17.8 Å². The van der Waals surface area contributed by atoms with Crippen molar-refractivity contribution in [1.82, 2.24) is 20.4 Å². The standard InChI is InChI=1S/C16H17F3N4O.ClH/c1-23(9-10-3-2-4-11(7-10)16(17,18)19)15(24)14-12-8-20-6-5-13(12)21-22-14;/h2-4,7,20H,5-6,8-9H2,1H3,(H,21,22);1H. The van der Waals surface area contributed by atoms with E-state index in [0.717, 1.165) is 36.4 Å².